The molecular formula is C11H11ClN2O. The van der Waals surface area contributed by atoms with Crippen LogP contribution in [-0.2, 0) is 0 Å². The van der Waals surface area contributed by atoms with Gasteiger partial charge < -0.3 is 5.32 Å². The lowest BCUT2D eigenvalue weighted by Gasteiger charge is -2.19. The van der Waals surface area contributed by atoms with Crippen molar-refractivity contribution in [3.05, 3.63) is 29.0 Å². The second-order valence-electron chi connectivity index (χ2n) is 3.58. The predicted molar refractivity (Wildman–Crippen MR) is 59.6 cm³/mol. The first-order valence-electron chi connectivity index (χ1n) is 4.36. The number of nitrogens with zero attached hydrogens (tertiary/aromatic N) is 1. The fraction of sp³-hybridized carbons (Fsp3) is 0.273. The first kappa shape index (κ1) is 11.5. The van der Waals surface area contributed by atoms with Gasteiger partial charge in [-0.25, -0.2) is 0 Å². The summed E-state index contributed by atoms with van der Waals surface area (Å²) in [6.07, 6.45) is 8.18. The van der Waals surface area contributed by atoms with Crippen LogP contribution in [0.2, 0.25) is 5.02 Å². The average Bonchev–Trinajstić information content (AvgIpc) is 2.17. The zero-order valence-electron chi connectivity index (χ0n) is 8.54. The van der Waals surface area contributed by atoms with Crippen LogP contribution in [0, 0.1) is 12.3 Å². The van der Waals surface area contributed by atoms with Crippen LogP contribution in [-0.4, -0.2) is 16.4 Å². The number of nitrogens with one attached hydrogen (secondary N) is 1. The number of carbonyl (C=O) groups is 1. The van der Waals surface area contributed by atoms with Crippen molar-refractivity contribution in [2.24, 2.45) is 0 Å². The van der Waals surface area contributed by atoms with E-state index < -0.39 is 5.54 Å². The van der Waals surface area contributed by atoms with E-state index in [1.165, 1.54) is 12.4 Å². The Kier molecular flexibility index (Phi) is 3.33. The summed E-state index contributed by atoms with van der Waals surface area (Å²) >= 11 is 5.82. The summed E-state index contributed by atoms with van der Waals surface area (Å²) in [4.78, 5) is 15.5. The molecular weight excluding hydrogens is 212 g/mol. The van der Waals surface area contributed by atoms with E-state index in [0.29, 0.717) is 10.6 Å². The molecule has 0 saturated heterocycles. The van der Waals surface area contributed by atoms with E-state index in [4.69, 9.17) is 18.0 Å². The second-order valence-corrected chi connectivity index (χ2v) is 3.99. The molecule has 1 rings (SSSR count). The standard InChI is InChI=1S/C11H11ClN2O/c1-4-11(2,3)14-10(15)8-5-6-13-7-9(8)12/h1,5-7H,2-3H3,(H,14,15). The monoisotopic (exact) mass is 222 g/mol. The van der Waals surface area contributed by atoms with Gasteiger partial charge in [0, 0.05) is 12.4 Å². The molecule has 0 radical (unpaired) electrons. The van der Waals surface area contributed by atoms with Gasteiger partial charge >= 0.3 is 0 Å². The maximum absolute atomic E-state index is 11.7. The van der Waals surface area contributed by atoms with Crippen molar-refractivity contribution >= 4 is 17.5 Å². The minimum atomic E-state index is -0.691. The number of rotatable bonds is 2. The third-order valence-corrected chi connectivity index (χ3v) is 2.11. The topological polar surface area (TPSA) is 42.0 Å². The Morgan fingerprint density at radius 2 is 2.33 bits per heavy atom. The highest BCUT2D eigenvalue weighted by molar-refractivity contribution is 6.33. The molecule has 3 nitrogen and oxygen atoms in total. The Morgan fingerprint density at radius 1 is 1.67 bits per heavy atom. The van der Waals surface area contributed by atoms with Gasteiger partial charge in [0.05, 0.1) is 16.1 Å². The lowest BCUT2D eigenvalue weighted by Crippen LogP contribution is -2.42. The third-order valence-electron chi connectivity index (χ3n) is 1.80. The molecule has 0 fully saturated rings. The molecule has 0 bridgehead atoms. The predicted octanol–water partition coefficient (Wildman–Crippen LogP) is 1.88. The van der Waals surface area contributed by atoms with Gasteiger partial charge in [-0.3, -0.25) is 9.78 Å². The molecule has 1 aromatic rings. The van der Waals surface area contributed by atoms with Crippen LogP contribution in [0.1, 0.15) is 24.2 Å². The van der Waals surface area contributed by atoms with Crippen LogP contribution in [0.25, 0.3) is 0 Å². The summed E-state index contributed by atoms with van der Waals surface area (Å²) in [5, 5.41) is 2.98. The van der Waals surface area contributed by atoms with Crippen LogP contribution in [0.3, 0.4) is 0 Å². The first-order chi connectivity index (χ1) is 6.96. The third kappa shape index (κ3) is 2.97. The second kappa shape index (κ2) is 4.33. The van der Waals surface area contributed by atoms with Gasteiger partial charge in [0.2, 0.25) is 0 Å². The molecule has 0 saturated carbocycles. The molecule has 15 heavy (non-hydrogen) atoms. The largest absolute Gasteiger partial charge is 0.336 e. The summed E-state index contributed by atoms with van der Waals surface area (Å²) in [7, 11) is 0. The highest BCUT2D eigenvalue weighted by Gasteiger charge is 2.19. The van der Waals surface area contributed by atoms with Gasteiger partial charge in [-0.15, -0.1) is 6.42 Å². The molecule has 1 aromatic heterocycles. The zero-order chi connectivity index (χ0) is 11.5. The zero-order valence-corrected chi connectivity index (χ0v) is 9.30. The molecule has 78 valence electrons. The van der Waals surface area contributed by atoms with Gasteiger partial charge in [-0.05, 0) is 19.9 Å². The normalized spacial score (nSPS) is 10.5. The molecule has 0 unspecified atom stereocenters. The van der Waals surface area contributed by atoms with Gasteiger partial charge in [0.1, 0.15) is 0 Å². The Hall–Kier alpha value is -1.53. The minimum absolute atomic E-state index is 0.301. The number of halogens is 1. The van der Waals surface area contributed by atoms with Crippen molar-refractivity contribution in [2.45, 2.75) is 19.4 Å². The van der Waals surface area contributed by atoms with Crippen LogP contribution in [0.4, 0.5) is 0 Å². The van der Waals surface area contributed by atoms with Crippen LogP contribution in [0.15, 0.2) is 18.5 Å². The van der Waals surface area contributed by atoms with Gasteiger partial charge in [-0.1, -0.05) is 17.5 Å². The number of amides is 1. The summed E-state index contributed by atoms with van der Waals surface area (Å²) < 4.78 is 0. The number of carbonyl (C=O) groups excluding carboxylic acids is 1. The Labute approximate surface area is 93.9 Å². The molecule has 0 atom stereocenters. The number of hydrogen-bond donors (Lipinski definition) is 1. The van der Waals surface area contributed by atoms with E-state index in [9.17, 15) is 4.79 Å². The van der Waals surface area contributed by atoms with Crippen LogP contribution in [0.5, 0.6) is 0 Å². The molecule has 4 heteroatoms. The van der Waals surface area contributed by atoms with Gasteiger partial charge in [0.15, 0.2) is 0 Å². The number of aromatic nitrogens is 1. The number of hydrogen-bond acceptors (Lipinski definition) is 2. The molecule has 1 N–H and O–H groups in total. The quantitative estimate of drug-likeness (QED) is 0.777. The van der Waals surface area contributed by atoms with Crippen molar-refractivity contribution in [3.8, 4) is 12.3 Å². The molecule has 1 heterocycles. The van der Waals surface area contributed by atoms with Gasteiger partial charge in [-0.2, -0.15) is 0 Å². The maximum Gasteiger partial charge on any atom is 0.254 e. The molecule has 0 spiro atoms. The summed E-state index contributed by atoms with van der Waals surface area (Å²) in [6.45, 7) is 3.47. The first-order valence-corrected chi connectivity index (χ1v) is 4.74. The maximum atomic E-state index is 11.7. The van der Waals surface area contributed by atoms with E-state index in [-0.39, 0.29) is 5.91 Å². The SMILES string of the molecule is C#CC(C)(C)NC(=O)c1ccncc1Cl. The average molecular weight is 223 g/mol. The van der Waals surface area contributed by atoms with Gasteiger partial charge in [0.25, 0.3) is 5.91 Å². The van der Waals surface area contributed by atoms with Crippen molar-refractivity contribution in [1.29, 1.82) is 0 Å². The summed E-state index contributed by atoms with van der Waals surface area (Å²) in [5.74, 6) is 2.17. The molecule has 0 aliphatic heterocycles. The highest BCUT2D eigenvalue weighted by atomic mass is 35.5. The van der Waals surface area contributed by atoms with Crippen molar-refractivity contribution in [1.82, 2.24) is 10.3 Å². The molecule has 0 aliphatic rings. The number of pyridine rings is 1. The van der Waals surface area contributed by atoms with Crippen LogP contribution >= 0.6 is 11.6 Å². The van der Waals surface area contributed by atoms with Crippen LogP contribution < -0.4 is 5.32 Å². The fourth-order valence-corrected chi connectivity index (χ4v) is 1.15. The summed E-state index contributed by atoms with van der Waals surface area (Å²) in [5.41, 5.74) is -0.320. The molecule has 1 amide bonds. The van der Waals surface area contributed by atoms with E-state index in [1.807, 2.05) is 0 Å². The molecule has 0 aromatic carbocycles. The van der Waals surface area contributed by atoms with E-state index in [1.54, 1.807) is 19.9 Å². The van der Waals surface area contributed by atoms with Crippen molar-refractivity contribution in [2.75, 3.05) is 0 Å². The Bertz CT molecular complexity index is 421. The number of terminal acetylenes is 1. The fourth-order valence-electron chi connectivity index (χ4n) is 0.947. The smallest absolute Gasteiger partial charge is 0.254 e. The molecule has 0 aliphatic carbocycles. The lowest BCUT2D eigenvalue weighted by atomic mass is 10.1. The van der Waals surface area contributed by atoms with E-state index in [0.717, 1.165) is 0 Å². The Balaban J connectivity index is 2.89. The van der Waals surface area contributed by atoms with E-state index in [2.05, 4.69) is 16.2 Å². The Morgan fingerprint density at radius 3 is 2.87 bits per heavy atom. The highest BCUT2D eigenvalue weighted by Crippen LogP contribution is 2.14. The van der Waals surface area contributed by atoms with E-state index >= 15 is 0 Å². The summed E-state index contributed by atoms with van der Waals surface area (Å²) in [6, 6.07) is 1.55. The lowest BCUT2D eigenvalue weighted by molar-refractivity contribution is 0.0930. The minimum Gasteiger partial charge on any atom is -0.336 e. The van der Waals surface area contributed by atoms with Crippen molar-refractivity contribution < 1.29 is 4.79 Å². The van der Waals surface area contributed by atoms with Crippen molar-refractivity contribution in [3.63, 3.8) is 0 Å².